The summed E-state index contributed by atoms with van der Waals surface area (Å²) in [6.07, 6.45) is 4.25. The monoisotopic (exact) mass is 332 g/mol. The van der Waals surface area contributed by atoms with E-state index in [0.29, 0.717) is 23.5 Å². The molecule has 1 aliphatic carbocycles. The lowest BCUT2D eigenvalue weighted by molar-refractivity contribution is -0.157. The molecule has 1 aromatic heterocycles. The van der Waals surface area contributed by atoms with E-state index in [2.05, 4.69) is 4.98 Å². The number of carboxylic acids is 1. The number of thiazole rings is 1. The molecule has 1 fully saturated rings. The largest absolute Gasteiger partial charge is 0.481 e. The van der Waals surface area contributed by atoms with Crippen LogP contribution in [0.1, 0.15) is 36.3 Å². The van der Waals surface area contributed by atoms with Crippen LogP contribution in [0.5, 0.6) is 0 Å². The number of nitrogens with zero attached hydrogens (tertiary/aromatic N) is 1. The van der Waals surface area contributed by atoms with Crippen LogP contribution in [0.25, 0.3) is 10.4 Å². The second kappa shape index (κ2) is 5.94. The first-order valence-corrected chi connectivity index (χ1v) is 8.51. The Labute approximate surface area is 138 Å². The Morgan fingerprint density at radius 2 is 2.17 bits per heavy atom. The molecular formula is C17H20N2O3S. The number of carboxylic acid groups (broad SMARTS) is 1. The molecule has 3 rings (SSSR count). The minimum Gasteiger partial charge on any atom is -0.481 e. The van der Waals surface area contributed by atoms with Gasteiger partial charge in [0.1, 0.15) is 10.6 Å². The van der Waals surface area contributed by atoms with E-state index < -0.39 is 17.5 Å². The van der Waals surface area contributed by atoms with Gasteiger partial charge in [-0.25, -0.2) is 4.98 Å². The van der Waals surface area contributed by atoms with E-state index in [4.69, 9.17) is 5.73 Å². The fraction of sp³-hybridized carbons (Fsp3) is 0.412. The van der Waals surface area contributed by atoms with Gasteiger partial charge in [-0.1, -0.05) is 18.9 Å². The molecule has 0 saturated heterocycles. The van der Waals surface area contributed by atoms with Gasteiger partial charge in [-0.05, 0) is 43.0 Å². The number of hydrogen-bond donors (Lipinski definition) is 3. The lowest BCUT2D eigenvalue weighted by Crippen LogP contribution is -2.42. The van der Waals surface area contributed by atoms with Crippen LogP contribution in [-0.2, 0) is 10.4 Å². The molecule has 0 spiro atoms. The molecule has 4 N–H and O–H groups in total. The van der Waals surface area contributed by atoms with E-state index in [-0.39, 0.29) is 0 Å². The van der Waals surface area contributed by atoms with E-state index >= 15 is 0 Å². The van der Waals surface area contributed by atoms with Crippen LogP contribution < -0.4 is 5.73 Å². The quantitative estimate of drug-likeness (QED) is 0.750. The van der Waals surface area contributed by atoms with Gasteiger partial charge in [0.25, 0.3) is 0 Å². The molecule has 0 bridgehead atoms. The van der Waals surface area contributed by atoms with Crippen LogP contribution in [0.15, 0.2) is 24.4 Å². The first-order valence-electron chi connectivity index (χ1n) is 7.69. The average molecular weight is 332 g/mol. The van der Waals surface area contributed by atoms with Crippen molar-refractivity contribution >= 4 is 23.0 Å². The molecule has 2 unspecified atom stereocenters. The van der Waals surface area contributed by atoms with Crippen LogP contribution in [-0.4, -0.2) is 21.2 Å². The molecule has 122 valence electrons. The summed E-state index contributed by atoms with van der Waals surface area (Å²) >= 11 is 1.35. The Kier molecular flexibility index (Phi) is 4.12. The zero-order valence-electron chi connectivity index (χ0n) is 13.0. The topological polar surface area (TPSA) is 96.4 Å². The standard InChI is InChI=1S/C17H20N2O3S/c1-10-6-11(8-12(18)7-10)14-9-19-16(23-14)17(22)5-3-2-4-13(17)15(20)21/h6-9,13,22H,2-5,18H2,1H3,(H,20,21). The van der Waals surface area contributed by atoms with Crippen LogP contribution >= 0.6 is 11.3 Å². The minimum atomic E-state index is -1.37. The third kappa shape index (κ3) is 2.96. The number of rotatable bonds is 3. The fourth-order valence-corrected chi connectivity index (χ4v) is 4.38. The lowest BCUT2D eigenvalue weighted by atomic mass is 9.75. The summed E-state index contributed by atoms with van der Waals surface area (Å²) in [5.74, 6) is -1.75. The maximum absolute atomic E-state index is 11.5. The third-order valence-electron chi connectivity index (χ3n) is 4.44. The van der Waals surface area contributed by atoms with Crippen LogP contribution in [0, 0.1) is 12.8 Å². The minimum absolute atomic E-state index is 0.437. The molecule has 6 heteroatoms. The molecular weight excluding hydrogens is 312 g/mol. The Bertz CT molecular complexity index is 723. The van der Waals surface area contributed by atoms with E-state index in [1.165, 1.54) is 11.3 Å². The van der Waals surface area contributed by atoms with Gasteiger partial charge >= 0.3 is 5.97 Å². The van der Waals surface area contributed by atoms with Gasteiger partial charge in [0.2, 0.25) is 0 Å². The number of anilines is 1. The van der Waals surface area contributed by atoms with E-state index in [1.54, 1.807) is 6.20 Å². The zero-order valence-corrected chi connectivity index (χ0v) is 13.8. The average Bonchev–Trinajstić information content (AvgIpc) is 2.97. The predicted molar refractivity (Wildman–Crippen MR) is 90.2 cm³/mol. The zero-order chi connectivity index (χ0) is 16.6. The van der Waals surface area contributed by atoms with Crippen molar-refractivity contribution < 1.29 is 15.0 Å². The van der Waals surface area contributed by atoms with E-state index in [1.807, 2.05) is 25.1 Å². The van der Waals surface area contributed by atoms with Gasteiger partial charge in [0.05, 0.1) is 10.8 Å². The van der Waals surface area contributed by atoms with Gasteiger partial charge in [0.15, 0.2) is 0 Å². The Balaban J connectivity index is 1.98. The van der Waals surface area contributed by atoms with Gasteiger partial charge < -0.3 is 15.9 Å². The summed E-state index contributed by atoms with van der Waals surface area (Å²) < 4.78 is 0. The maximum Gasteiger partial charge on any atom is 0.309 e. The van der Waals surface area contributed by atoms with Crippen LogP contribution in [0.2, 0.25) is 0 Å². The van der Waals surface area contributed by atoms with Gasteiger partial charge in [0, 0.05) is 11.9 Å². The summed E-state index contributed by atoms with van der Waals surface area (Å²) in [5, 5.41) is 20.9. The Morgan fingerprint density at radius 1 is 1.39 bits per heavy atom. The molecule has 1 heterocycles. The van der Waals surface area contributed by atoms with Crippen molar-refractivity contribution in [3.8, 4) is 10.4 Å². The lowest BCUT2D eigenvalue weighted by Gasteiger charge is -2.35. The molecule has 23 heavy (non-hydrogen) atoms. The number of aryl methyl sites for hydroxylation is 1. The fourth-order valence-electron chi connectivity index (χ4n) is 3.30. The molecule has 1 saturated carbocycles. The summed E-state index contributed by atoms with van der Waals surface area (Å²) in [5.41, 5.74) is 7.19. The molecule has 2 aromatic rings. The van der Waals surface area contributed by atoms with Crippen molar-refractivity contribution in [2.45, 2.75) is 38.2 Å². The maximum atomic E-state index is 11.5. The van der Waals surface area contributed by atoms with Crippen molar-refractivity contribution in [2.24, 2.45) is 5.92 Å². The normalized spacial score (nSPS) is 24.5. The molecule has 1 aliphatic rings. The first kappa shape index (κ1) is 16.0. The number of aromatic nitrogens is 1. The van der Waals surface area contributed by atoms with Crippen molar-refractivity contribution in [2.75, 3.05) is 5.73 Å². The number of nitrogen functional groups attached to an aromatic ring is 1. The van der Waals surface area contributed by atoms with E-state index in [0.717, 1.165) is 28.8 Å². The summed E-state index contributed by atoms with van der Waals surface area (Å²) in [6.45, 7) is 1.97. The number of benzene rings is 1. The van der Waals surface area contributed by atoms with Crippen molar-refractivity contribution in [1.29, 1.82) is 0 Å². The number of nitrogens with two attached hydrogens (primary N) is 1. The third-order valence-corrected chi connectivity index (χ3v) is 5.65. The smallest absolute Gasteiger partial charge is 0.309 e. The van der Waals surface area contributed by atoms with Gasteiger partial charge in [-0.2, -0.15) is 0 Å². The second-order valence-corrected chi connectivity index (χ2v) is 7.25. The predicted octanol–water partition coefficient (Wildman–Crippen LogP) is 3.16. The molecule has 0 amide bonds. The molecule has 5 nitrogen and oxygen atoms in total. The molecule has 2 atom stereocenters. The SMILES string of the molecule is Cc1cc(N)cc(-c2cnc(C3(O)CCCCC3C(=O)O)s2)c1. The number of carbonyl (C=O) groups is 1. The highest BCUT2D eigenvalue weighted by Gasteiger charge is 2.46. The van der Waals surface area contributed by atoms with Gasteiger partial charge in [-0.3, -0.25) is 4.79 Å². The van der Waals surface area contributed by atoms with Crippen molar-refractivity contribution in [3.63, 3.8) is 0 Å². The Morgan fingerprint density at radius 3 is 2.87 bits per heavy atom. The molecule has 0 aliphatic heterocycles. The number of aliphatic carboxylic acids is 1. The highest BCUT2D eigenvalue weighted by molar-refractivity contribution is 7.15. The number of aliphatic hydroxyl groups is 1. The van der Waals surface area contributed by atoms with Gasteiger partial charge in [-0.15, -0.1) is 11.3 Å². The van der Waals surface area contributed by atoms with Crippen LogP contribution in [0.4, 0.5) is 5.69 Å². The Hall–Kier alpha value is -1.92. The van der Waals surface area contributed by atoms with E-state index in [9.17, 15) is 15.0 Å². The van der Waals surface area contributed by atoms with Crippen LogP contribution in [0.3, 0.4) is 0 Å². The second-order valence-electron chi connectivity index (χ2n) is 6.22. The highest BCUT2D eigenvalue weighted by atomic mass is 32.1. The first-order chi connectivity index (χ1) is 10.9. The highest BCUT2D eigenvalue weighted by Crippen LogP contribution is 2.44. The van der Waals surface area contributed by atoms with Crippen molar-refractivity contribution in [3.05, 3.63) is 35.0 Å². The molecule has 1 aromatic carbocycles. The number of hydrogen-bond acceptors (Lipinski definition) is 5. The van der Waals surface area contributed by atoms with Crippen molar-refractivity contribution in [1.82, 2.24) is 4.98 Å². The summed E-state index contributed by atoms with van der Waals surface area (Å²) in [7, 11) is 0. The summed E-state index contributed by atoms with van der Waals surface area (Å²) in [6, 6.07) is 5.76. The summed E-state index contributed by atoms with van der Waals surface area (Å²) in [4.78, 5) is 16.7. The molecule has 0 radical (unpaired) electrons.